The van der Waals surface area contributed by atoms with Crippen molar-refractivity contribution < 1.29 is 31.5 Å². The molecule has 13 heteroatoms. The van der Waals surface area contributed by atoms with E-state index >= 15 is 0 Å². The molecule has 0 spiro atoms. The summed E-state index contributed by atoms with van der Waals surface area (Å²) < 4.78 is 65.1. The van der Waals surface area contributed by atoms with Crippen LogP contribution in [0.5, 0.6) is 0 Å². The van der Waals surface area contributed by atoms with Crippen LogP contribution in [0.15, 0.2) is 54.6 Å². The number of alkyl halides is 5. The largest absolute Gasteiger partial charge is 0.417 e. The van der Waals surface area contributed by atoms with Crippen LogP contribution in [0.1, 0.15) is 27.4 Å². The van der Waals surface area contributed by atoms with Gasteiger partial charge in [-0.1, -0.05) is 29.3 Å². The molecule has 1 aliphatic rings. The average Bonchev–Trinajstić information content (AvgIpc) is 3.38. The average molecular weight is 598 g/mol. The highest BCUT2D eigenvalue weighted by Gasteiger charge is 2.67. The highest BCUT2D eigenvalue weighted by molar-refractivity contribution is 6.53. The Balaban J connectivity index is 1.53. The molecular formula is C24H13Cl4F5N2O2. The Morgan fingerprint density at radius 1 is 0.865 bits per heavy atom. The molecule has 0 radical (unpaired) electrons. The van der Waals surface area contributed by atoms with Crippen LogP contribution in [0.3, 0.4) is 0 Å². The van der Waals surface area contributed by atoms with Crippen LogP contribution in [0.25, 0.3) is 0 Å². The first kappa shape index (κ1) is 27.4. The zero-order valence-electron chi connectivity index (χ0n) is 18.1. The maximum absolute atomic E-state index is 13.9. The third-order valence-corrected chi connectivity index (χ3v) is 7.25. The van der Waals surface area contributed by atoms with E-state index < -0.39 is 56.4 Å². The molecule has 194 valence electrons. The highest BCUT2D eigenvalue weighted by Crippen LogP contribution is 2.65. The summed E-state index contributed by atoms with van der Waals surface area (Å²) in [5.41, 5.74) is -1.38. The van der Waals surface area contributed by atoms with Crippen molar-refractivity contribution in [1.82, 2.24) is 0 Å². The fourth-order valence-corrected chi connectivity index (χ4v) is 5.06. The fraction of sp³-hybridized carbons (Fsp3) is 0.167. The fourth-order valence-electron chi connectivity index (χ4n) is 3.80. The van der Waals surface area contributed by atoms with E-state index in [1.165, 1.54) is 24.3 Å². The monoisotopic (exact) mass is 596 g/mol. The van der Waals surface area contributed by atoms with Crippen LogP contribution in [0.4, 0.5) is 33.3 Å². The normalized spacial score (nSPS) is 18.3. The number of benzene rings is 3. The lowest BCUT2D eigenvalue weighted by atomic mass is 10.0. The molecule has 1 fully saturated rings. The van der Waals surface area contributed by atoms with Crippen molar-refractivity contribution in [2.45, 2.75) is 16.4 Å². The third kappa shape index (κ3) is 5.65. The van der Waals surface area contributed by atoms with E-state index in [1.807, 2.05) is 0 Å². The van der Waals surface area contributed by atoms with Gasteiger partial charge in [0, 0.05) is 17.7 Å². The van der Waals surface area contributed by atoms with Gasteiger partial charge in [-0.3, -0.25) is 9.59 Å². The molecule has 2 amide bonds. The van der Waals surface area contributed by atoms with Crippen LogP contribution < -0.4 is 10.6 Å². The van der Waals surface area contributed by atoms with E-state index in [4.69, 9.17) is 46.4 Å². The maximum Gasteiger partial charge on any atom is 0.417 e. The van der Waals surface area contributed by atoms with Crippen LogP contribution in [-0.2, 0) is 11.0 Å². The van der Waals surface area contributed by atoms with Crippen molar-refractivity contribution in [1.29, 1.82) is 0 Å². The molecule has 2 unspecified atom stereocenters. The Morgan fingerprint density at radius 3 is 2.19 bits per heavy atom. The van der Waals surface area contributed by atoms with Gasteiger partial charge < -0.3 is 10.6 Å². The minimum Gasteiger partial charge on any atom is -0.326 e. The Kier molecular flexibility index (Phi) is 7.38. The molecule has 4 rings (SSSR count). The Labute approximate surface area is 226 Å². The van der Waals surface area contributed by atoms with E-state index in [9.17, 15) is 31.5 Å². The zero-order valence-corrected chi connectivity index (χ0v) is 21.1. The zero-order chi connectivity index (χ0) is 27.3. The second-order valence-electron chi connectivity index (χ2n) is 8.13. The molecule has 3 aromatic carbocycles. The topological polar surface area (TPSA) is 58.2 Å². The summed E-state index contributed by atoms with van der Waals surface area (Å²) in [7, 11) is 0. The lowest BCUT2D eigenvalue weighted by Crippen LogP contribution is -2.18. The number of hydrogen-bond donors (Lipinski definition) is 2. The predicted octanol–water partition coefficient (Wildman–Crippen LogP) is 8.07. The van der Waals surface area contributed by atoms with Crippen molar-refractivity contribution in [2.75, 3.05) is 10.6 Å². The van der Waals surface area contributed by atoms with Crippen LogP contribution >= 0.6 is 46.4 Å². The number of hydrogen-bond acceptors (Lipinski definition) is 2. The van der Waals surface area contributed by atoms with Crippen LogP contribution in [0.2, 0.25) is 10.0 Å². The minimum absolute atomic E-state index is 0.0350. The number of carbonyl (C=O) groups is 2. The summed E-state index contributed by atoms with van der Waals surface area (Å²) in [5, 5.41) is 4.20. The Bertz CT molecular complexity index is 1410. The second-order valence-corrected chi connectivity index (χ2v) is 10.4. The minimum atomic E-state index is -4.72. The quantitative estimate of drug-likeness (QED) is 0.231. The molecule has 1 aliphatic carbocycles. The molecule has 0 aliphatic heterocycles. The highest BCUT2D eigenvalue weighted by atomic mass is 35.5. The summed E-state index contributed by atoms with van der Waals surface area (Å²) in [6.45, 7) is 0. The van der Waals surface area contributed by atoms with E-state index in [0.29, 0.717) is 6.07 Å². The van der Waals surface area contributed by atoms with Gasteiger partial charge in [0.2, 0.25) is 5.91 Å². The van der Waals surface area contributed by atoms with E-state index in [0.717, 1.165) is 24.3 Å². The van der Waals surface area contributed by atoms with Gasteiger partial charge in [0.25, 0.3) is 5.91 Å². The lowest BCUT2D eigenvalue weighted by Gasteiger charge is -2.11. The van der Waals surface area contributed by atoms with Gasteiger partial charge in [-0.25, -0.2) is 8.78 Å². The summed E-state index contributed by atoms with van der Waals surface area (Å²) in [5.74, 6) is -5.51. The first-order chi connectivity index (χ1) is 17.2. The van der Waals surface area contributed by atoms with Crippen molar-refractivity contribution in [3.05, 3.63) is 93.0 Å². The van der Waals surface area contributed by atoms with Gasteiger partial charge >= 0.3 is 6.18 Å². The standard InChI is InChI=1S/C24H13Cl4F5N2O2/c25-15-5-3-12(9-13(15)21(36)35-18-6-2-11(29)8-17(18)30)34-22(37)20-19(23(20,27)28)10-1-4-16(26)14(7-10)24(31,32)33/h1-9,19-20H,(H,34,37)(H,35,36). The lowest BCUT2D eigenvalue weighted by molar-refractivity contribution is -0.137. The Hall–Kier alpha value is -2.59. The number of halogens is 9. The van der Waals surface area contributed by atoms with Crippen LogP contribution in [0, 0.1) is 17.6 Å². The van der Waals surface area contributed by atoms with E-state index in [1.54, 1.807) is 0 Å². The Morgan fingerprint density at radius 2 is 1.54 bits per heavy atom. The molecule has 3 aromatic rings. The molecule has 0 saturated heterocycles. The molecule has 2 N–H and O–H groups in total. The van der Waals surface area contributed by atoms with Gasteiger partial charge in [0.15, 0.2) is 0 Å². The summed E-state index contributed by atoms with van der Waals surface area (Å²) in [4.78, 5) is 25.5. The number of carbonyl (C=O) groups excluding carboxylic acids is 2. The van der Waals surface area contributed by atoms with Gasteiger partial charge in [-0.2, -0.15) is 13.2 Å². The summed E-state index contributed by atoms with van der Waals surface area (Å²) in [6.07, 6.45) is -4.72. The summed E-state index contributed by atoms with van der Waals surface area (Å²) >= 11 is 24.2. The van der Waals surface area contributed by atoms with Crippen molar-refractivity contribution >= 4 is 69.6 Å². The number of anilines is 2. The van der Waals surface area contributed by atoms with Gasteiger partial charge in [0.05, 0.1) is 32.8 Å². The smallest absolute Gasteiger partial charge is 0.326 e. The van der Waals surface area contributed by atoms with E-state index in [-0.39, 0.29) is 27.5 Å². The van der Waals surface area contributed by atoms with Crippen molar-refractivity contribution in [3.63, 3.8) is 0 Å². The van der Waals surface area contributed by atoms with Crippen molar-refractivity contribution in [3.8, 4) is 0 Å². The summed E-state index contributed by atoms with van der Waals surface area (Å²) in [6, 6.07) is 9.55. The SMILES string of the molecule is O=C(Nc1ccc(F)cc1F)c1cc(NC(=O)C2C(c3ccc(Cl)c(C(F)(F)F)c3)C2(Cl)Cl)ccc1Cl. The second kappa shape index (κ2) is 9.94. The number of rotatable bonds is 5. The molecule has 4 nitrogen and oxygen atoms in total. The van der Waals surface area contributed by atoms with Gasteiger partial charge in [-0.15, -0.1) is 23.2 Å². The first-order valence-electron chi connectivity index (χ1n) is 10.3. The molecule has 1 saturated carbocycles. The molecule has 0 bridgehead atoms. The first-order valence-corrected chi connectivity index (χ1v) is 11.8. The molecule has 2 atom stereocenters. The number of nitrogens with one attached hydrogen (secondary N) is 2. The van der Waals surface area contributed by atoms with Gasteiger partial charge in [0.1, 0.15) is 16.0 Å². The molecular weight excluding hydrogens is 585 g/mol. The predicted molar refractivity (Wildman–Crippen MR) is 132 cm³/mol. The molecule has 0 heterocycles. The van der Waals surface area contributed by atoms with E-state index in [2.05, 4.69) is 10.6 Å². The molecule has 37 heavy (non-hydrogen) atoms. The van der Waals surface area contributed by atoms with Gasteiger partial charge in [-0.05, 0) is 48.0 Å². The number of amides is 2. The van der Waals surface area contributed by atoms with Crippen LogP contribution in [-0.4, -0.2) is 16.1 Å². The molecule has 0 aromatic heterocycles. The maximum atomic E-state index is 13.9. The third-order valence-electron chi connectivity index (χ3n) is 5.65. The van der Waals surface area contributed by atoms with Crippen molar-refractivity contribution in [2.24, 2.45) is 5.92 Å².